The molecule has 0 saturated heterocycles. The first-order valence-electron chi connectivity index (χ1n) is 9.83. The van der Waals surface area contributed by atoms with Gasteiger partial charge in [-0.2, -0.15) is 0 Å². The summed E-state index contributed by atoms with van der Waals surface area (Å²) < 4.78 is 6.57. The molecule has 0 aliphatic heterocycles. The number of benzene rings is 2. The zero-order chi connectivity index (χ0) is 20.4. The van der Waals surface area contributed by atoms with Crippen molar-refractivity contribution in [3.8, 4) is 5.75 Å². The highest BCUT2D eigenvalue weighted by atomic mass is 32.1. The summed E-state index contributed by atoms with van der Waals surface area (Å²) in [4.78, 5) is 29.3. The lowest BCUT2D eigenvalue weighted by Gasteiger charge is -2.25. The number of fused-ring (bicyclic) bond motifs is 2. The van der Waals surface area contributed by atoms with Gasteiger partial charge in [-0.1, -0.05) is 24.3 Å². The fourth-order valence-electron chi connectivity index (χ4n) is 4.21. The maximum Gasteiger partial charge on any atom is 0.304 e. The SMILES string of the molecule is CCOc1ccc2nc(CCC(=O)C3(CC(=O)O)Cc4ccccc4C3)sc2c1. The van der Waals surface area contributed by atoms with Gasteiger partial charge in [0.15, 0.2) is 0 Å². The Morgan fingerprint density at radius 1 is 1.17 bits per heavy atom. The lowest BCUT2D eigenvalue weighted by atomic mass is 9.76. The first-order valence-corrected chi connectivity index (χ1v) is 10.6. The summed E-state index contributed by atoms with van der Waals surface area (Å²) in [5.74, 6) is -0.0876. The fraction of sp³-hybridized carbons (Fsp3) is 0.348. The van der Waals surface area contributed by atoms with E-state index in [1.807, 2.05) is 49.4 Å². The number of carboxylic acid groups (broad SMARTS) is 1. The smallest absolute Gasteiger partial charge is 0.304 e. The lowest BCUT2D eigenvalue weighted by Crippen LogP contribution is -2.35. The van der Waals surface area contributed by atoms with E-state index in [2.05, 4.69) is 4.98 Å². The second-order valence-corrected chi connectivity index (χ2v) is 8.68. The van der Waals surface area contributed by atoms with Crippen molar-refractivity contribution < 1.29 is 19.4 Å². The number of nitrogens with zero attached hydrogens (tertiary/aromatic N) is 1. The van der Waals surface area contributed by atoms with Crippen LogP contribution in [-0.4, -0.2) is 28.4 Å². The first-order chi connectivity index (χ1) is 14.0. The number of aryl methyl sites for hydroxylation is 1. The number of hydrogen-bond donors (Lipinski definition) is 1. The quantitative estimate of drug-likeness (QED) is 0.595. The van der Waals surface area contributed by atoms with Crippen LogP contribution in [0.15, 0.2) is 42.5 Å². The number of ketones is 1. The standard InChI is InChI=1S/C23H23NO4S/c1-2-28-17-7-8-18-19(11-17)29-21(24-18)10-9-20(25)23(14-22(26)27)12-15-5-3-4-6-16(15)13-23/h3-8,11H,2,9-10,12-14H2,1H3,(H,26,27). The maximum absolute atomic E-state index is 13.2. The number of rotatable bonds is 8. The molecule has 1 heterocycles. The summed E-state index contributed by atoms with van der Waals surface area (Å²) in [6, 6.07) is 13.7. The highest BCUT2D eigenvalue weighted by Crippen LogP contribution is 2.41. The molecule has 3 aromatic rings. The molecular formula is C23H23NO4S. The van der Waals surface area contributed by atoms with Crippen LogP contribution >= 0.6 is 11.3 Å². The van der Waals surface area contributed by atoms with Crippen molar-refractivity contribution in [2.75, 3.05) is 6.61 Å². The van der Waals surface area contributed by atoms with Crippen LogP contribution in [0.4, 0.5) is 0 Å². The van der Waals surface area contributed by atoms with E-state index in [0.717, 1.165) is 32.1 Å². The van der Waals surface area contributed by atoms with Gasteiger partial charge >= 0.3 is 5.97 Å². The van der Waals surface area contributed by atoms with Crippen LogP contribution in [0, 0.1) is 5.41 Å². The van der Waals surface area contributed by atoms with Crippen LogP contribution in [0.3, 0.4) is 0 Å². The summed E-state index contributed by atoms with van der Waals surface area (Å²) in [5, 5.41) is 10.3. The van der Waals surface area contributed by atoms with Gasteiger partial charge in [-0.15, -0.1) is 11.3 Å². The monoisotopic (exact) mass is 409 g/mol. The second-order valence-electron chi connectivity index (χ2n) is 7.57. The van der Waals surface area contributed by atoms with Crippen LogP contribution in [0.25, 0.3) is 10.2 Å². The van der Waals surface area contributed by atoms with Crippen molar-refractivity contribution in [3.63, 3.8) is 0 Å². The molecular weight excluding hydrogens is 386 g/mol. The Kier molecular flexibility index (Phi) is 5.37. The van der Waals surface area contributed by atoms with E-state index < -0.39 is 11.4 Å². The van der Waals surface area contributed by atoms with Gasteiger partial charge in [-0.05, 0) is 49.1 Å². The first kappa shape index (κ1) is 19.6. The van der Waals surface area contributed by atoms with Crippen LogP contribution in [0.5, 0.6) is 5.75 Å². The van der Waals surface area contributed by atoms with Crippen molar-refractivity contribution in [1.82, 2.24) is 4.98 Å². The molecule has 0 saturated carbocycles. The maximum atomic E-state index is 13.2. The summed E-state index contributed by atoms with van der Waals surface area (Å²) in [6.07, 6.45) is 1.72. The molecule has 0 bridgehead atoms. The van der Waals surface area contributed by atoms with E-state index in [0.29, 0.717) is 32.3 Å². The van der Waals surface area contributed by atoms with E-state index >= 15 is 0 Å². The van der Waals surface area contributed by atoms with E-state index in [-0.39, 0.29) is 12.2 Å². The molecule has 0 atom stereocenters. The highest BCUT2D eigenvalue weighted by Gasteiger charge is 2.44. The van der Waals surface area contributed by atoms with Crippen molar-refractivity contribution in [2.24, 2.45) is 5.41 Å². The minimum atomic E-state index is -0.922. The van der Waals surface area contributed by atoms with Gasteiger partial charge in [0.1, 0.15) is 11.5 Å². The summed E-state index contributed by atoms with van der Waals surface area (Å²) in [5.41, 5.74) is 2.24. The van der Waals surface area contributed by atoms with Gasteiger partial charge < -0.3 is 9.84 Å². The molecule has 6 heteroatoms. The predicted octanol–water partition coefficient (Wildman–Crippen LogP) is 4.46. The topological polar surface area (TPSA) is 76.5 Å². The number of carboxylic acids is 1. The summed E-state index contributed by atoms with van der Waals surface area (Å²) >= 11 is 1.56. The fourth-order valence-corrected chi connectivity index (χ4v) is 5.20. The number of Topliss-reactive ketones (excluding diaryl/α,β-unsaturated/α-hetero) is 1. The molecule has 0 fully saturated rings. The van der Waals surface area contributed by atoms with E-state index in [4.69, 9.17) is 4.74 Å². The third-order valence-corrected chi connectivity index (χ3v) is 6.62. The highest BCUT2D eigenvalue weighted by molar-refractivity contribution is 7.18. The molecule has 150 valence electrons. The van der Waals surface area contributed by atoms with Crippen molar-refractivity contribution in [1.29, 1.82) is 0 Å². The van der Waals surface area contributed by atoms with Gasteiger partial charge in [0, 0.05) is 18.3 Å². The van der Waals surface area contributed by atoms with Gasteiger partial charge in [-0.25, -0.2) is 4.98 Å². The number of aromatic nitrogens is 1. The van der Waals surface area contributed by atoms with Gasteiger partial charge in [0.25, 0.3) is 0 Å². The minimum absolute atomic E-state index is 0.0189. The Balaban J connectivity index is 1.50. The number of carbonyl (C=O) groups is 2. The van der Waals surface area contributed by atoms with Gasteiger partial charge in [-0.3, -0.25) is 9.59 Å². The predicted molar refractivity (Wildman–Crippen MR) is 113 cm³/mol. The Bertz CT molecular complexity index is 1050. The molecule has 29 heavy (non-hydrogen) atoms. The molecule has 4 rings (SSSR count). The van der Waals surface area contributed by atoms with E-state index in [1.165, 1.54) is 0 Å². The molecule has 1 aliphatic carbocycles. The third-order valence-electron chi connectivity index (χ3n) is 5.54. The average Bonchev–Trinajstić information content (AvgIpc) is 3.26. The molecule has 1 aliphatic rings. The Morgan fingerprint density at radius 2 is 1.90 bits per heavy atom. The number of hydrogen-bond acceptors (Lipinski definition) is 5. The molecule has 0 spiro atoms. The van der Waals surface area contributed by atoms with Crippen LogP contribution in [0.1, 0.15) is 35.9 Å². The van der Waals surface area contributed by atoms with Crippen LogP contribution < -0.4 is 4.74 Å². The number of carbonyl (C=O) groups excluding carboxylic acids is 1. The zero-order valence-electron chi connectivity index (χ0n) is 16.3. The second kappa shape index (κ2) is 7.95. The Hall–Kier alpha value is -2.73. The van der Waals surface area contributed by atoms with E-state index in [9.17, 15) is 14.7 Å². The molecule has 0 radical (unpaired) electrons. The minimum Gasteiger partial charge on any atom is -0.494 e. The van der Waals surface area contributed by atoms with Crippen molar-refractivity contribution >= 4 is 33.3 Å². The molecule has 0 unspecified atom stereocenters. The van der Waals surface area contributed by atoms with Crippen LogP contribution in [0.2, 0.25) is 0 Å². The third kappa shape index (κ3) is 4.03. The van der Waals surface area contributed by atoms with Crippen molar-refractivity contribution in [2.45, 2.75) is 39.0 Å². The summed E-state index contributed by atoms with van der Waals surface area (Å²) in [6.45, 7) is 2.56. The molecule has 1 N–H and O–H groups in total. The number of thiazole rings is 1. The molecule has 0 amide bonds. The molecule has 1 aromatic heterocycles. The normalized spacial score (nSPS) is 14.7. The molecule has 5 nitrogen and oxygen atoms in total. The van der Waals surface area contributed by atoms with Gasteiger partial charge in [0.2, 0.25) is 0 Å². The Labute approximate surface area is 173 Å². The van der Waals surface area contributed by atoms with E-state index in [1.54, 1.807) is 11.3 Å². The van der Waals surface area contributed by atoms with Crippen LogP contribution in [-0.2, 0) is 28.9 Å². The lowest BCUT2D eigenvalue weighted by molar-refractivity contribution is -0.144. The van der Waals surface area contributed by atoms with Crippen molar-refractivity contribution in [3.05, 3.63) is 58.6 Å². The molecule has 2 aromatic carbocycles. The van der Waals surface area contributed by atoms with Gasteiger partial charge in [0.05, 0.1) is 28.3 Å². The zero-order valence-corrected chi connectivity index (χ0v) is 17.1. The average molecular weight is 410 g/mol. The summed E-state index contributed by atoms with van der Waals surface area (Å²) in [7, 11) is 0. The number of ether oxygens (including phenoxy) is 1. The largest absolute Gasteiger partial charge is 0.494 e. The number of aliphatic carboxylic acids is 1. The Morgan fingerprint density at radius 3 is 2.55 bits per heavy atom.